The van der Waals surface area contributed by atoms with Crippen molar-refractivity contribution in [2.75, 3.05) is 13.7 Å². The summed E-state index contributed by atoms with van der Waals surface area (Å²) in [5, 5.41) is 0. The van der Waals surface area contributed by atoms with Gasteiger partial charge in [-0.2, -0.15) is 0 Å². The fourth-order valence-electron chi connectivity index (χ4n) is 1.97. The molecule has 0 aliphatic carbocycles. The zero-order chi connectivity index (χ0) is 10.8. The van der Waals surface area contributed by atoms with Gasteiger partial charge in [0, 0.05) is 18.7 Å². The molecule has 2 nitrogen and oxygen atoms in total. The second-order valence-corrected chi connectivity index (χ2v) is 3.56. The summed E-state index contributed by atoms with van der Waals surface area (Å²) in [6.45, 7) is 7.82. The van der Waals surface area contributed by atoms with Gasteiger partial charge in [-0.25, -0.2) is 0 Å². The van der Waals surface area contributed by atoms with Crippen molar-refractivity contribution in [1.82, 2.24) is 4.90 Å². The summed E-state index contributed by atoms with van der Waals surface area (Å²) in [7, 11) is 1.69. The number of nitrogens with zero attached hydrogens (tertiary/aromatic N) is 1. The van der Waals surface area contributed by atoms with Crippen LogP contribution in [0.15, 0.2) is 30.5 Å². The lowest BCUT2D eigenvalue weighted by molar-refractivity contribution is 0.414. The molecule has 2 heteroatoms. The lowest BCUT2D eigenvalue weighted by Gasteiger charge is -2.15. The number of hydrogen-bond donors (Lipinski definition) is 0. The molecule has 0 fully saturated rings. The van der Waals surface area contributed by atoms with Crippen molar-refractivity contribution in [3.05, 3.63) is 41.6 Å². The van der Waals surface area contributed by atoms with Crippen LogP contribution in [0.1, 0.15) is 18.1 Å². The van der Waals surface area contributed by atoms with Crippen molar-refractivity contribution < 1.29 is 4.74 Å². The van der Waals surface area contributed by atoms with Crippen LogP contribution in [0.3, 0.4) is 0 Å². The van der Waals surface area contributed by atoms with Crippen molar-refractivity contribution in [3.63, 3.8) is 0 Å². The van der Waals surface area contributed by atoms with E-state index in [4.69, 9.17) is 4.74 Å². The second-order valence-electron chi connectivity index (χ2n) is 3.56. The highest BCUT2D eigenvalue weighted by Crippen LogP contribution is 2.33. The Balaban J connectivity index is 2.50. The number of hydrogen-bond acceptors (Lipinski definition) is 2. The first-order valence-corrected chi connectivity index (χ1v) is 5.12. The molecule has 1 aliphatic rings. The first-order valence-electron chi connectivity index (χ1n) is 5.12. The smallest absolute Gasteiger partial charge is 0.119 e. The maximum atomic E-state index is 5.22. The van der Waals surface area contributed by atoms with Gasteiger partial charge in [-0.1, -0.05) is 12.6 Å². The molecule has 1 aromatic rings. The van der Waals surface area contributed by atoms with E-state index in [-0.39, 0.29) is 0 Å². The standard InChI is InChI=1S/C13H15NO/c1-4-13-12-8-11(15-3)7-6-10(12)9-14(13)5-2/h6-8H,1,5,9H2,2-3H3. The van der Waals surface area contributed by atoms with E-state index in [9.17, 15) is 0 Å². The highest BCUT2D eigenvalue weighted by Gasteiger charge is 2.22. The number of methoxy groups -OCH3 is 1. The van der Waals surface area contributed by atoms with E-state index in [1.165, 1.54) is 11.1 Å². The Morgan fingerprint density at radius 2 is 2.33 bits per heavy atom. The van der Waals surface area contributed by atoms with Crippen molar-refractivity contribution in [1.29, 1.82) is 0 Å². The van der Waals surface area contributed by atoms with Crippen LogP contribution in [-0.2, 0) is 6.54 Å². The molecule has 0 saturated heterocycles. The normalized spacial score (nSPS) is 13.7. The van der Waals surface area contributed by atoms with Gasteiger partial charge < -0.3 is 9.64 Å². The van der Waals surface area contributed by atoms with Gasteiger partial charge in [0.05, 0.1) is 12.8 Å². The summed E-state index contributed by atoms with van der Waals surface area (Å²) in [4.78, 5) is 2.26. The molecule has 1 heterocycles. The third-order valence-electron chi connectivity index (χ3n) is 2.80. The molecule has 0 amide bonds. The molecule has 0 atom stereocenters. The Labute approximate surface area is 90.5 Å². The van der Waals surface area contributed by atoms with E-state index >= 15 is 0 Å². The van der Waals surface area contributed by atoms with Crippen LogP contribution < -0.4 is 4.74 Å². The molecule has 0 unspecified atom stereocenters. The van der Waals surface area contributed by atoms with Gasteiger partial charge in [0.1, 0.15) is 5.75 Å². The quantitative estimate of drug-likeness (QED) is 0.682. The highest BCUT2D eigenvalue weighted by atomic mass is 16.5. The molecule has 2 rings (SSSR count). The number of rotatable bonds is 2. The first kappa shape index (κ1) is 9.88. The van der Waals surface area contributed by atoms with Gasteiger partial charge in [-0.15, -0.1) is 5.73 Å². The van der Waals surface area contributed by atoms with Crippen molar-refractivity contribution in [3.8, 4) is 5.75 Å². The summed E-state index contributed by atoms with van der Waals surface area (Å²) in [6, 6.07) is 6.17. The van der Waals surface area contributed by atoms with Gasteiger partial charge in [-0.05, 0) is 24.6 Å². The van der Waals surface area contributed by atoms with E-state index in [0.717, 1.165) is 24.5 Å². The Morgan fingerprint density at radius 1 is 1.53 bits per heavy atom. The molecule has 0 radical (unpaired) electrons. The second kappa shape index (κ2) is 3.84. The first-order chi connectivity index (χ1) is 7.30. The van der Waals surface area contributed by atoms with Gasteiger partial charge in [0.25, 0.3) is 0 Å². The number of ether oxygens (including phenoxy) is 1. The molecule has 15 heavy (non-hydrogen) atoms. The van der Waals surface area contributed by atoms with Crippen LogP contribution >= 0.6 is 0 Å². The Hall–Kier alpha value is -1.66. The number of benzene rings is 1. The third kappa shape index (κ3) is 1.53. The summed E-state index contributed by atoms with van der Waals surface area (Å²) in [6.07, 6.45) is 0. The van der Waals surface area contributed by atoms with Crippen LogP contribution in [0, 0.1) is 0 Å². The van der Waals surface area contributed by atoms with Gasteiger partial charge in [0.2, 0.25) is 0 Å². The van der Waals surface area contributed by atoms with E-state index in [2.05, 4.69) is 36.3 Å². The van der Waals surface area contributed by atoms with Crippen LogP contribution in [-0.4, -0.2) is 18.6 Å². The fraction of sp³-hybridized carbons (Fsp3) is 0.308. The zero-order valence-corrected chi connectivity index (χ0v) is 9.21. The minimum absolute atomic E-state index is 0.888. The molecule has 0 spiro atoms. The fourth-order valence-corrected chi connectivity index (χ4v) is 1.97. The Kier molecular flexibility index (Phi) is 2.53. The van der Waals surface area contributed by atoms with Crippen LogP contribution in [0.2, 0.25) is 0 Å². The largest absolute Gasteiger partial charge is 0.497 e. The summed E-state index contributed by atoms with van der Waals surface area (Å²) < 4.78 is 5.22. The molecule has 78 valence electrons. The molecule has 1 aliphatic heterocycles. The maximum Gasteiger partial charge on any atom is 0.119 e. The van der Waals surface area contributed by atoms with Gasteiger partial charge >= 0.3 is 0 Å². The average Bonchev–Trinajstić information content (AvgIpc) is 2.65. The van der Waals surface area contributed by atoms with Crippen LogP contribution in [0.25, 0.3) is 5.70 Å². The maximum absolute atomic E-state index is 5.22. The molecular formula is C13H15NO. The molecule has 1 aromatic carbocycles. The number of fused-ring (bicyclic) bond motifs is 1. The van der Waals surface area contributed by atoms with E-state index in [1.54, 1.807) is 7.11 Å². The molecule has 0 bridgehead atoms. The SMILES string of the molecule is C=C=C1c2cc(OC)ccc2CN1CC. The topological polar surface area (TPSA) is 12.5 Å². The zero-order valence-electron chi connectivity index (χ0n) is 9.21. The summed E-state index contributed by atoms with van der Waals surface area (Å²) >= 11 is 0. The molecule has 0 aromatic heterocycles. The van der Waals surface area contributed by atoms with E-state index in [0.29, 0.717) is 0 Å². The molecule has 0 N–H and O–H groups in total. The third-order valence-corrected chi connectivity index (χ3v) is 2.80. The lowest BCUT2D eigenvalue weighted by atomic mass is 10.1. The molecule has 0 saturated carbocycles. The van der Waals surface area contributed by atoms with E-state index < -0.39 is 0 Å². The lowest BCUT2D eigenvalue weighted by Crippen LogP contribution is -2.13. The van der Waals surface area contributed by atoms with Crippen molar-refractivity contribution in [2.45, 2.75) is 13.5 Å². The van der Waals surface area contributed by atoms with Crippen molar-refractivity contribution in [2.24, 2.45) is 0 Å². The van der Waals surface area contributed by atoms with Gasteiger partial charge in [-0.3, -0.25) is 0 Å². The van der Waals surface area contributed by atoms with E-state index in [1.807, 2.05) is 6.07 Å². The summed E-state index contributed by atoms with van der Waals surface area (Å²) in [5.41, 5.74) is 6.62. The Morgan fingerprint density at radius 3 is 2.93 bits per heavy atom. The van der Waals surface area contributed by atoms with Crippen LogP contribution in [0.4, 0.5) is 0 Å². The molecular weight excluding hydrogens is 186 g/mol. The van der Waals surface area contributed by atoms with Crippen molar-refractivity contribution >= 4 is 5.70 Å². The highest BCUT2D eigenvalue weighted by molar-refractivity contribution is 5.71. The predicted molar refractivity (Wildman–Crippen MR) is 61.6 cm³/mol. The van der Waals surface area contributed by atoms with Gasteiger partial charge in [0.15, 0.2) is 0 Å². The van der Waals surface area contributed by atoms with Crippen LogP contribution in [0.5, 0.6) is 5.75 Å². The monoisotopic (exact) mass is 201 g/mol. The Bertz CT molecular complexity index is 430. The predicted octanol–water partition coefficient (Wildman–Crippen LogP) is 2.66. The summed E-state index contributed by atoms with van der Waals surface area (Å²) in [5.74, 6) is 0.888. The minimum atomic E-state index is 0.888. The average molecular weight is 201 g/mol. The minimum Gasteiger partial charge on any atom is -0.497 e.